The van der Waals surface area contributed by atoms with Gasteiger partial charge in [-0.1, -0.05) is 0 Å². The van der Waals surface area contributed by atoms with Crippen LogP contribution in [0.2, 0.25) is 0 Å². The second-order valence-electron chi connectivity index (χ2n) is 5.57. The molecule has 0 unspecified atom stereocenters. The van der Waals surface area contributed by atoms with Gasteiger partial charge in [0.05, 0.1) is 12.2 Å². The molecule has 1 amide bonds. The molecule has 0 aromatic heterocycles. The van der Waals surface area contributed by atoms with Crippen molar-refractivity contribution in [3.63, 3.8) is 0 Å². The van der Waals surface area contributed by atoms with Gasteiger partial charge in [0.1, 0.15) is 11.8 Å². The summed E-state index contributed by atoms with van der Waals surface area (Å²) < 4.78 is 15.3. The standard InChI is InChI=1S/C15H23NO6/c1-9(2)20-14(18)13-7-6-12(22-11(5)17)8-16(13)15(19)21-10(3)4/h8-10,13H,6-7H2,1-5H3/t13-/m0/s1. The number of carbonyl (C=O) groups excluding carboxylic acids is 3. The Morgan fingerprint density at radius 2 is 1.73 bits per heavy atom. The van der Waals surface area contributed by atoms with E-state index >= 15 is 0 Å². The zero-order valence-corrected chi connectivity index (χ0v) is 13.6. The third-order valence-electron chi connectivity index (χ3n) is 2.73. The summed E-state index contributed by atoms with van der Waals surface area (Å²) in [6, 6.07) is -0.784. The first kappa shape index (κ1) is 18.0. The smallest absolute Gasteiger partial charge is 0.414 e. The van der Waals surface area contributed by atoms with Crippen LogP contribution < -0.4 is 0 Å². The topological polar surface area (TPSA) is 82.1 Å². The Morgan fingerprint density at radius 1 is 1.14 bits per heavy atom. The molecule has 1 heterocycles. The number of nitrogens with zero attached hydrogens (tertiary/aromatic N) is 1. The lowest BCUT2D eigenvalue weighted by molar-refractivity contribution is -0.153. The maximum absolute atomic E-state index is 12.2. The largest absolute Gasteiger partial charge is 0.461 e. The van der Waals surface area contributed by atoms with Gasteiger partial charge in [0.25, 0.3) is 0 Å². The highest BCUT2D eigenvalue weighted by Crippen LogP contribution is 2.24. The van der Waals surface area contributed by atoms with Gasteiger partial charge in [-0.05, 0) is 34.1 Å². The van der Waals surface area contributed by atoms with E-state index in [0.29, 0.717) is 18.6 Å². The fourth-order valence-corrected chi connectivity index (χ4v) is 1.97. The minimum Gasteiger partial charge on any atom is -0.461 e. The number of carbonyl (C=O) groups is 3. The number of ether oxygens (including phenoxy) is 3. The van der Waals surface area contributed by atoms with Gasteiger partial charge in [-0.25, -0.2) is 9.59 Å². The van der Waals surface area contributed by atoms with Gasteiger partial charge in [0, 0.05) is 19.5 Å². The van der Waals surface area contributed by atoms with Gasteiger partial charge in [-0.3, -0.25) is 9.69 Å². The summed E-state index contributed by atoms with van der Waals surface area (Å²) in [5.74, 6) is -0.665. The monoisotopic (exact) mass is 313 g/mol. The van der Waals surface area contributed by atoms with Crippen molar-refractivity contribution >= 4 is 18.0 Å². The summed E-state index contributed by atoms with van der Waals surface area (Å²) in [5, 5.41) is 0. The van der Waals surface area contributed by atoms with Crippen molar-refractivity contribution < 1.29 is 28.6 Å². The quantitative estimate of drug-likeness (QED) is 0.585. The van der Waals surface area contributed by atoms with Gasteiger partial charge in [-0.2, -0.15) is 0 Å². The second kappa shape index (κ2) is 7.82. The highest BCUT2D eigenvalue weighted by atomic mass is 16.6. The highest BCUT2D eigenvalue weighted by molar-refractivity contribution is 5.83. The molecule has 22 heavy (non-hydrogen) atoms. The van der Waals surface area contributed by atoms with E-state index in [4.69, 9.17) is 14.2 Å². The summed E-state index contributed by atoms with van der Waals surface area (Å²) in [6.45, 7) is 8.16. The summed E-state index contributed by atoms with van der Waals surface area (Å²) >= 11 is 0. The van der Waals surface area contributed by atoms with E-state index in [9.17, 15) is 14.4 Å². The molecule has 0 N–H and O–H groups in total. The number of hydrogen-bond acceptors (Lipinski definition) is 6. The molecule has 7 heteroatoms. The third-order valence-corrected chi connectivity index (χ3v) is 2.73. The van der Waals surface area contributed by atoms with Crippen molar-refractivity contribution in [2.75, 3.05) is 0 Å². The first-order valence-corrected chi connectivity index (χ1v) is 7.29. The maximum atomic E-state index is 12.2. The van der Waals surface area contributed by atoms with Crippen LogP contribution in [0.1, 0.15) is 47.5 Å². The first-order chi connectivity index (χ1) is 10.2. The molecule has 0 aromatic carbocycles. The van der Waals surface area contributed by atoms with E-state index in [0.717, 1.165) is 4.90 Å². The molecule has 124 valence electrons. The molecule has 1 atom stereocenters. The Hall–Kier alpha value is -2.05. The lowest BCUT2D eigenvalue weighted by atomic mass is 10.1. The number of allylic oxidation sites excluding steroid dienone is 1. The lowest BCUT2D eigenvalue weighted by Crippen LogP contribution is -2.46. The van der Waals surface area contributed by atoms with E-state index in [2.05, 4.69) is 0 Å². The van der Waals surface area contributed by atoms with Crippen LogP contribution in [0.15, 0.2) is 12.0 Å². The minimum atomic E-state index is -0.784. The predicted octanol–water partition coefficient (Wildman–Crippen LogP) is 2.35. The number of hydrogen-bond donors (Lipinski definition) is 0. The number of rotatable bonds is 4. The van der Waals surface area contributed by atoms with Crippen LogP contribution in [0, 0.1) is 0 Å². The van der Waals surface area contributed by atoms with Crippen LogP contribution in [0.25, 0.3) is 0 Å². The SMILES string of the molecule is CC(=O)OC1=CN(C(=O)OC(C)C)[C@H](C(=O)OC(C)C)CC1. The molecule has 0 aliphatic carbocycles. The van der Waals surface area contributed by atoms with Crippen molar-refractivity contribution in [2.45, 2.75) is 65.7 Å². The maximum Gasteiger partial charge on any atom is 0.414 e. The Kier molecular flexibility index (Phi) is 6.39. The van der Waals surface area contributed by atoms with Gasteiger partial charge < -0.3 is 14.2 Å². The van der Waals surface area contributed by atoms with Crippen molar-refractivity contribution in [2.24, 2.45) is 0 Å². The fraction of sp³-hybridized carbons (Fsp3) is 0.667. The molecular formula is C15H23NO6. The molecule has 0 aromatic rings. The molecule has 1 aliphatic rings. The molecule has 0 fully saturated rings. The van der Waals surface area contributed by atoms with Crippen LogP contribution in [0.3, 0.4) is 0 Å². The van der Waals surface area contributed by atoms with Crippen molar-refractivity contribution in [3.8, 4) is 0 Å². The van der Waals surface area contributed by atoms with Gasteiger partial charge >= 0.3 is 18.0 Å². The summed E-state index contributed by atoms with van der Waals surface area (Å²) in [4.78, 5) is 36.4. The molecular weight excluding hydrogens is 290 g/mol. The molecule has 0 bridgehead atoms. The van der Waals surface area contributed by atoms with Gasteiger partial charge in [0.2, 0.25) is 0 Å². The van der Waals surface area contributed by atoms with Crippen LogP contribution in [-0.4, -0.2) is 41.2 Å². The van der Waals surface area contributed by atoms with E-state index in [1.54, 1.807) is 27.7 Å². The van der Waals surface area contributed by atoms with Crippen molar-refractivity contribution in [1.29, 1.82) is 0 Å². The molecule has 0 saturated carbocycles. The van der Waals surface area contributed by atoms with Gasteiger partial charge in [-0.15, -0.1) is 0 Å². The van der Waals surface area contributed by atoms with Crippen LogP contribution in [-0.2, 0) is 23.8 Å². The number of esters is 2. The fourth-order valence-electron chi connectivity index (χ4n) is 1.97. The first-order valence-electron chi connectivity index (χ1n) is 7.29. The predicted molar refractivity (Wildman–Crippen MR) is 77.6 cm³/mol. The van der Waals surface area contributed by atoms with Crippen LogP contribution in [0.5, 0.6) is 0 Å². The Labute approximate surface area is 130 Å². The van der Waals surface area contributed by atoms with Crippen LogP contribution in [0.4, 0.5) is 4.79 Å². The third kappa shape index (κ3) is 5.38. The Balaban J connectivity index is 2.96. The Morgan fingerprint density at radius 3 is 2.23 bits per heavy atom. The minimum absolute atomic E-state index is 0.283. The molecule has 7 nitrogen and oxygen atoms in total. The van der Waals surface area contributed by atoms with E-state index < -0.39 is 24.1 Å². The van der Waals surface area contributed by atoms with E-state index in [-0.39, 0.29) is 12.2 Å². The number of amides is 1. The molecule has 0 spiro atoms. The summed E-state index contributed by atoms with van der Waals surface area (Å²) in [6.07, 6.45) is 0.712. The van der Waals surface area contributed by atoms with E-state index in [1.165, 1.54) is 13.1 Å². The van der Waals surface area contributed by atoms with Crippen LogP contribution >= 0.6 is 0 Å². The average molecular weight is 313 g/mol. The average Bonchev–Trinajstić information content (AvgIpc) is 2.36. The van der Waals surface area contributed by atoms with Crippen molar-refractivity contribution in [3.05, 3.63) is 12.0 Å². The molecule has 1 rings (SSSR count). The van der Waals surface area contributed by atoms with Crippen molar-refractivity contribution in [1.82, 2.24) is 4.90 Å². The zero-order chi connectivity index (χ0) is 16.9. The highest BCUT2D eigenvalue weighted by Gasteiger charge is 2.35. The molecule has 0 saturated heterocycles. The summed E-state index contributed by atoms with van der Waals surface area (Å²) in [7, 11) is 0. The normalized spacial score (nSPS) is 18.0. The summed E-state index contributed by atoms with van der Waals surface area (Å²) in [5.41, 5.74) is 0. The second-order valence-corrected chi connectivity index (χ2v) is 5.57. The molecule has 0 radical (unpaired) electrons. The lowest BCUT2D eigenvalue weighted by Gasteiger charge is -2.31. The zero-order valence-electron chi connectivity index (χ0n) is 13.6. The molecule has 1 aliphatic heterocycles. The van der Waals surface area contributed by atoms with Gasteiger partial charge in [0.15, 0.2) is 0 Å². The Bertz CT molecular complexity index is 469. The van der Waals surface area contributed by atoms with E-state index in [1.807, 2.05) is 0 Å².